The Bertz CT molecular complexity index is 525. The minimum Gasteiger partial charge on any atom is -0.396 e. The SMILES string of the molecule is O=C(NCCCO)c1cnc(Cc2ccccc2)s1. The highest BCUT2D eigenvalue weighted by atomic mass is 32.1. The Morgan fingerprint density at radius 3 is 2.84 bits per heavy atom. The first-order valence-electron chi connectivity index (χ1n) is 6.17. The second kappa shape index (κ2) is 7.01. The Hall–Kier alpha value is -1.72. The van der Waals surface area contributed by atoms with Gasteiger partial charge >= 0.3 is 0 Å². The summed E-state index contributed by atoms with van der Waals surface area (Å²) in [5.74, 6) is -0.120. The molecule has 0 aliphatic rings. The summed E-state index contributed by atoms with van der Waals surface area (Å²) in [6.45, 7) is 0.573. The molecule has 0 saturated heterocycles. The highest BCUT2D eigenvalue weighted by Gasteiger charge is 2.10. The van der Waals surface area contributed by atoms with Crippen LogP contribution in [0.2, 0.25) is 0 Å². The Kier molecular flexibility index (Phi) is 5.06. The van der Waals surface area contributed by atoms with Gasteiger partial charge in [0.1, 0.15) is 4.88 Å². The molecule has 0 aliphatic heterocycles. The van der Waals surface area contributed by atoms with Crippen LogP contribution in [0.25, 0.3) is 0 Å². The largest absolute Gasteiger partial charge is 0.396 e. The van der Waals surface area contributed by atoms with Gasteiger partial charge in [-0.05, 0) is 12.0 Å². The van der Waals surface area contributed by atoms with Crippen LogP contribution in [0.3, 0.4) is 0 Å². The van der Waals surface area contributed by atoms with Gasteiger partial charge in [0.2, 0.25) is 0 Å². The predicted octanol–water partition coefficient (Wildman–Crippen LogP) is 1.85. The number of thiazole rings is 1. The molecule has 1 aromatic carbocycles. The van der Waals surface area contributed by atoms with E-state index < -0.39 is 0 Å². The van der Waals surface area contributed by atoms with Crippen molar-refractivity contribution in [3.05, 3.63) is 52.0 Å². The number of carbonyl (C=O) groups is 1. The van der Waals surface area contributed by atoms with E-state index in [0.29, 0.717) is 17.8 Å². The van der Waals surface area contributed by atoms with E-state index in [1.54, 1.807) is 6.20 Å². The molecule has 0 saturated carbocycles. The number of aliphatic hydroxyl groups is 1. The molecular formula is C14H16N2O2S. The molecule has 1 amide bonds. The van der Waals surface area contributed by atoms with Gasteiger partial charge in [0, 0.05) is 19.6 Å². The standard InChI is InChI=1S/C14H16N2O2S/c17-8-4-7-15-14(18)12-10-16-13(19-12)9-11-5-2-1-3-6-11/h1-3,5-6,10,17H,4,7-9H2,(H,15,18). The van der Waals surface area contributed by atoms with E-state index in [1.807, 2.05) is 30.3 Å². The van der Waals surface area contributed by atoms with Gasteiger partial charge in [-0.25, -0.2) is 4.98 Å². The summed E-state index contributed by atoms with van der Waals surface area (Å²) in [7, 11) is 0. The summed E-state index contributed by atoms with van der Waals surface area (Å²) in [6, 6.07) is 10.0. The number of nitrogens with zero attached hydrogens (tertiary/aromatic N) is 1. The second-order valence-corrected chi connectivity index (χ2v) is 5.23. The minimum absolute atomic E-state index is 0.0855. The van der Waals surface area contributed by atoms with Crippen molar-refractivity contribution < 1.29 is 9.90 Å². The lowest BCUT2D eigenvalue weighted by molar-refractivity contribution is 0.0955. The Morgan fingerprint density at radius 2 is 2.11 bits per heavy atom. The molecule has 1 aromatic heterocycles. The van der Waals surface area contributed by atoms with Crippen LogP contribution in [0, 0.1) is 0 Å². The first-order chi connectivity index (χ1) is 9.29. The fraction of sp³-hybridized carbons (Fsp3) is 0.286. The molecule has 5 heteroatoms. The Morgan fingerprint density at radius 1 is 1.32 bits per heavy atom. The van der Waals surface area contributed by atoms with Gasteiger partial charge in [0.25, 0.3) is 5.91 Å². The van der Waals surface area contributed by atoms with Gasteiger partial charge in [-0.2, -0.15) is 0 Å². The first kappa shape index (κ1) is 13.7. The van der Waals surface area contributed by atoms with Gasteiger partial charge in [-0.15, -0.1) is 11.3 Å². The number of hydrogen-bond donors (Lipinski definition) is 2. The van der Waals surface area contributed by atoms with Gasteiger partial charge in [-0.3, -0.25) is 4.79 Å². The number of amides is 1. The maximum absolute atomic E-state index is 11.8. The van der Waals surface area contributed by atoms with Gasteiger partial charge in [0.15, 0.2) is 0 Å². The molecule has 4 nitrogen and oxygen atoms in total. The molecule has 19 heavy (non-hydrogen) atoms. The molecule has 1 heterocycles. The van der Waals surface area contributed by atoms with Crippen molar-refractivity contribution >= 4 is 17.2 Å². The summed E-state index contributed by atoms with van der Waals surface area (Å²) in [5, 5.41) is 12.3. The van der Waals surface area contributed by atoms with Crippen molar-refractivity contribution in [3.63, 3.8) is 0 Å². The van der Waals surface area contributed by atoms with E-state index in [-0.39, 0.29) is 12.5 Å². The zero-order chi connectivity index (χ0) is 13.5. The fourth-order valence-corrected chi connectivity index (χ4v) is 2.50. The lowest BCUT2D eigenvalue weighted by atomic mass is 10.2. The monoisotopic (exact) mass is 276 g/mol. The van der Waals surface area contributed by atoms with Crippen molar-refractivity contribution in [2.75, 3.05) is 13.2 Å². The number of rotatable bonds is 6. The summed E-state index contributed by atoms with van der Waals surface area (Å²) in [6.07, 6.45) is 2.92. The molecule has 2 N–H and O–H groups in total. The van der Waals surface area contributed by atoms with E-state index >= 15 is 0 Å². The molecule has 100 valence electrons. The molecule has 0 unspecified atom stereocenters. The lowest BCUT2D eigenvalue weighted by Crippen LogP contribution is -2.24. The summed E-state index contributed by atoms with van der Waals surface area (Å²) >= 11 is 1.41. The van der Waals surface area contributed by atoms with Crippen LogP contribution < -0.4 is 5.32 Å². The minimum atomic E-state index is -0.120. The van der Waals surface area contributed by atoms with E-state index in [0.717, 1.165) is 11.4 Å². The molecule has 2 rings (SSSR count). The van der Waals surface area contributed by atoms with Crippen molar-refractivity contribution in [2.45, 2.75) is 12.8 Å². The topological polar surface area (TPSA) is 62.2 Å². The number of nitrogens with one attached hydrogen (secondary N) is 1. The van der Waals surface area contributed by atoms with Crippen molar-refractivity contribution in [2.24, 2.45) is 0 Å². The number of aliphatic hydroxyl groups excluding tert-OH is 1. The van der Waals surface area contributed by atoms with E-state index in [2.05, 4.69) is 10.3 Å². The molecule has 0 radical (unpaired) electrons. The third-order valence-corrected chi connectivity index (χ3v) is 3.59. The number of carbonyl (C=O) groups excluding carboxylic acids is 1. The highest BCUT2D eigenvalue weighted by Crippen LogP contribution is 2.16. The van der Waals surface area contributed by atoms with Crippen LogP contribution in [0.4, 0.5) is 0 Å². The quantitative estimate of drug-likeness (QED) is 0.791. The molecule has 0 atom stereocenters. The fourth-order valence-electron chi connectivity index (χ4n) is 1.64. The maximum atomic E-state index is 11.8. The zero-order valence-corrected chi connectivity index (χ0v) is 11.3. The Labute approximate surface area is 116 Å². The van der Waals surface area contributed by atoms with Gasteiger partial charge < -0.3 is 10.4 Å². The Balaban J connectivity index is 1.93. The molecule has 2 aromatic rings. The predicted molar refractivity (Wildman–Crippen MR) is 75.4 cm³/mol. The zero-order valence-electron chi connectivity index (χ0n) is 10.5. The van der Waals surface area contributed by atoms with Crippen LogP contribution in [0.1, 0.15) is 26.7 Å². The van der Waals surface area contributed by atoms with Crippen LogP contribution >= 0.6 is 11.3 Å². The van der Waals surface area contributed by atoms with Crippen molar-refractivity contribution in [3.8, 4) is 0 Å². The van der Waals surface area contributed by atoms with Gasteiger partial charge in [-0.1, -0.05) is 30.3 Å². The third-order valence-electron chi connectivity index (χ3n) is 2.60. The second-order valence-electron chi connectivity index (χ2n) is 4.11. The average Bonchev–Trinajstić information content (AvgIpc) is 2.89. The van der Waals surface area contributed by atoms with Crippen molar-refractivity contribution in [1.29, 1.82) is 0 Å². The maximum Gasteiger partial charge on any atom is 0.263 e. The highest BCUT2D eigenvalue weighted by molar-refractivity contribution is 7.13. The summed E-state index contributed by atoms with van der Waals surface area (Å²) in [4.78, 5) is 16.6. The van der Waals surface area contributed by atoms with Crippen LogP contribution in [-0.2, 0) is 6.42 Å². The van der Waals surface area contributed by atoms with Crippen LogP contribution in [-0.4, -0.2) is 29.1 Å². The smallest absolute Gasteiger partial charge is 0.263 e. The molecule has 0 fully saturated rings. The molecule has 0 bridgehead atoms. The normalized spacial score (nSPS) is 10.4. The molecule has 0 spiro atoms. The molecular weight excluding hydrogens is 260 g/mol. The van der Waals surface area contributed by atoms with Gasteiger partial charge in [0.05, 0.1) is 11.2 Å². The lowest BCUT2D eigenvalue weighted by Gasteiger charge is -2.00. The van der Waals surface area contributed by atoms with E-state index in [9.17, 15) is 4.79 Å². The third kappa shape index (κ3) is 4.15. The summed E-state index contributed by atoms with van der Waals surface area (Å²) < 4.78 is 0. The van der Waals surface area contributed by atoms with E-state index in [1.165, 1.54) is 16.9 Å². The average molecular weight is 276 g/mol. The molecule has 0 aliphatic carbocycles. The van der Waals surface area contributed by atoms with Crippen LogP contribution in [0.5, 0.6) is 0 Å². The number of aromatic nitrogens is 1. The van der Waals surface area contributed by atoms with E-state index in [4.69, 9.17) is 5.11 Å². The summed E-state index contributed by atoms with van der Waals surface area (Å²) in [5.41, 5.74) is 1.18. The van der Waals surface area contributed by atoms with Crippen molar-refractivity contribution in [1.82, 2.24) is 10.3 Å². The number of benzene rings is 1. The first-order valence-corrected chi connectivity index (χ1v) is 6.99. The van der Waals surface area contributed by atoms with Crippen LogP contribution in [0.15, 0.2) is 36.5 Å². The number of hydrogen-bond acceptors (Lipinski definition) is 4.